The van der Waals surface area contributed by atoms with E-state index in [1.807, 2.05) is 61.6 Å². The predicted octanol–water partition coefficient (Wildman–Crippen LogP) is 13.4. The van der Waals surface area contributed by atoms with E-state index in [1.165, 1.54) is 22.3 Å². The van der Waals surface area contributed by atoms with Crippen LogP contribution in [0.1, 0.15) is 210 Å². The van der Waals surface area contributed by atoms with Gasteiger partial charge >= 0.3 is 16.5 Å². The Bertz CT molecular complexity index is 2080. The fourth-order valence-corrected chi connectivity index (χ4v) is 7.09. The molecule has 0 aromatic heterocycles. The van der Waals surface area contributed by atoms with E-state index >= 15 is 0 Å². The molecule has 0 amide bonds. The number of carboxylic acid groups (broad SMARTS) is 2. The zero-order valence-corrected chi connectivity index (χ0v) is 42.0. The van der Waals surface area contributed by atoms with Gasteiger partial charge < -0.3 is 39.5 Å². The summed E-state index contributed by atoms with van der Waals surface area (Å²) in [6.45, 7) is 35.1. The van der Waals surface area contributed by atoms with E-state index in [0.29, 0.717) is 45.9 Å². The summed E-state index contributed by atoms with van der Waals surface area (Å²) in [6, 6.07) is 20.2. The largest absolute Gasteiger partial charge is 2.00 e. The van der Waals surface area contributed by atoms with Gasteiger partial charge in [-0.2, -0.15) is 0 Å². The van der Waals surface area contributed by atoms with Crippen LogP contribution in [0, 0.1) is 0 Å². The van der Waals surface area contributed by atoms with Crippen molar-refractivity contribution in [1.82, 2.24) is 0 Å². The molecule has 0 spiro atoms. The molecule has 0 atom stereocenters. The van der Waals surface area contributed by atoms with E-state index in [2.05, 4.69) is 108 Å². The van der Waals surface area contributed by atoms with Crippen LogP contribution in [-0.4, -0.2) is 34.5 Å². The smallest absolute Gasteiger partial charge is 0.510 e. The SMILES string of the molecule is CC(C)c1ccc(C(C)C)c(OC(=O)[O-])c1O.CC(C)c1ccc(C(C)C)c(OC(=O)[O-])c1O.CC(C=Nc1c(C(C)C)cccc1C(C)C)=Nc1c(C(C)C)cccc1C(C)C.[Ni+2]. The number of aromatic hydroxyl groups is 2. The molecule has 4 aromatic rings. The van der Waals surface area contributed by atoms with Crippen LogP contribution in [0.25, 0.3) is 0 Å². The third-order valence-electron chi connectivity index (χ3n) is 10.6. The normalized spacial score (nSPS) is 11.7. The quantitative estimate of drug-likeness (QED) is 0.0579. The van der Waals surface area contributed by atoms with Crippen LogP contribution in [0.5, 0.6) is 23.0 Å². The summed E-state index contributed by atoms with van der Waals surface area (Å²) in [5.41, 5.74) is 11.0. The maximum atomic E-state index is 10.5. The molecule has 0 radical (unpaired) electrons. The summed E-state index contributed by atoms with van der Waals surface area (Å²) in [6.07, 6.45) is -1.39. The zero-order valence-electron chi connectivity index (χ0n) is 41.0. The molecule has 11 heteroatoms. The first kappa shape index (κ1) is 56.9. The van der Waals surface area contributed by atoms with Crippen LogP contribution >= 0.6 is 0 Å². The van der Waals surface area contributed by atoms with Gasteiger partial charge in [0, 0.05) is 6.21 Å². The van der Waals surface area contributed by atoms with Gasteiger partial charge in [0.1, 0.15) is 11.5 Å². The molecule has 64 heavy (non-hydrogen) atoms. The number of benzene rings is 4. The number of hydrogen-bond donors (Lipinski definition) is 2. The molecule has 0 saturated heterocycles. The van der Waals surface area contributed by atoms with Crippen LogP contribution in [-0.2, 0) is 16.5 Å². The maximum absolute atomic E-state index is 10.5. The Morgan fingerprint density at radius 2 is 0.734 bits per heavy atom. The standard InChI is InChI=1S/C27H38N2.2C13H18O4.Ni/c1-17(2)22-12-10-13-23(18(3)4)26(22)28-16-21(9)29-27-24(19(5)6)14-11-15-25(27)20(7)8;2*1-7(2)9-5-6-10(8(3)4)12(11(9)14)17-13(15)16;/h10-20H,1-9H3;2*5-8,14H,1-4H3,(H,15,16);/q;;;+2/p-2. The number of ether oxygens (including phenoxy) is 2. The summed E-state index contributed by atoms with van der Waals surface area (Å²) < 4.78 is 9.17. The summed E-state index contributed by atoms with van der Waals surface area (Å²) in [7, 11) is 0. The number of carbonyl (C=O) groups excluding carboxylic acids is 2. The minimum Gasteiger partial charge on any atom is -0.510 e. The van der Waals surface area contributed by atoms with Gasteiger partial charge in [-0.15, -0.1) is 0 Å². The average Bonchev–Trinajstić information content (AvgIpc) is 3.17. The van der Waals surface area contributed by atoms with Crippen LogP contribution in [0.2, 0.25) is 0 Å². The van der Waals surface area contributed by atoms with Crippen molar-refractivity contribution >= 4 is 35.6 Å². The van der Waals surface area contributed by atoms with Crippen LogP contribution in [0.3, 0.4) is 0 Å². The van der Waals surface area contributed by atoms with E-state index in [9.17, 15) is 30.0 Å². The van der Waals surface area contributed by atoms with Crippen LogP contribution in [0.15, 0.2) is 70.6 Å². The van der Waals surface area contributed by atoms with Crippen molar-refractivity contribution in [1.29, 1.82) is 0 Å². The van der Waals surface area contributed by atoms with Crippen molar-refractivity contribution in [2.75, 3.05) is 0 Å². The summed E-state index contributed by atoms with van der Waals surface area (Å²) >= 11 is 0. The summed E-state index contributed by atoms with van der Waals surface area (Å²) in [5.74, 6) is 1.77. The van der Waals surface area contributed by atoms with Crippen molar-refractivity contribution < 1.29 is 56.0 Å². The first-order valence-corrected chi connectivity index (χ1v) is 22.2. The number of aliphatic imine (C=N–C) groups is 2. The minimum absolute atomic E-state index is 0. The van der Waals surface area contributed by atoms with Crippen LogP contribution in [0.4, 0.5) is 21.0 Å². The van der Waals surface area contributed by atoms with Crippen molar-refractivity contribution in [3.8, 4) is 23.0 Å². The summed E-state index contributed by atoms with van der Waals surface area (Å²) in [5, 5.41) is 41.1. The zero-order chi connectivity index (χ0) is 48.0. The number of hydrogen-bond acceptors (Lipinski definition) is 10. The van der Waals surface area contributed by atoms with Crippen LogP contribution < -0.4 is 19.7 Å². The molecule has 0 aliphatic rings. The number of para-hydroxylation sites is 2. The van der Waals surface area contributed by atoms with Gasteiger partial charge in [0.25, 0.3) is 12.3 Å². The molecule has 0 saturated carbocycles. The Hall–Kier alpha value is -5.15. The van der Waals surface area contributed by atoms with Crippen molar-refractivity contribution in [3.05, 3.63) is 105 Å². The van der Waals surface area contributed by atoms with E-state index in [4.69, 9.17) is 9.98 Å². The van der Waals surface area contributed by atoms with Gasteiger partial charge in [0.05, 0.1) is 28.6 Å². The Morgan fingerprint density at radius 1 is 0.469 bits per heavy atom. The maximum Gasteiger partial charge on any atom is 2.00 e. The number of nitrogens with zero attached hydrogens (tertiary/aromatic N) is 2. The van der Waals surface area contributed by atoms with Crippen molar-refractivity contribution in [2.45, 2.75) is 165 Å². The minimum atomic E-state index is -1.66. The van der Waals surface area contributed by atoms with Gasteiger partial charge in [-0.25, -0.2) is 0 Å². The van der Waals surface area contributed by atoms with Crippen molar-refractivity contribution in [3.63, 3.8) is 0 Å². The molecular formula is C53H72N2NiO8. The number of phenols is 2. The number of phenolic OH excluding ortho intramolecular Hbond substituents is 2. The third-order valence-corrected chi connectivity index (χ3v) is 10.6. The molecule has 4 rings (SSSR count). The van der Waals surface area contributed by atoms with Gasteiger partial charge in [-0.1, -0.05) is 171 Å². The second-order valence-corrected chi connectivity index (χ2v) is 18.4. The molecule has 2 N–H and O–H groups in total. The Kier molecular flexibility index (Phi) is 23.1. The molecule has 10 nitrogen and oxygen atoms in total. The Morgan fingerprint density at radius 3 is 1.00 bits per heavy atom. The molecule has 352 valence electrons. The fraction of sp³-hybridized carbons (Fsp3) is 0.472. The second kappa shape index (κ2) is 26.0. The monoisotopic (exact) mass is 922 g/mol. The third kappa shape index (κ3) is 15.8. The molecular weight excluding hydrogens is 851 g/mol. The fourth-order valence-electron chi connectivity index (χ4n) is 7.09. The van der Waals surface area contributed by atoms with E-state index < -0.39 is 12.3 Å². The van der Waals surface area contributed by atoms with E-state index in [-0.39, 0.29) is 63.2 Å². The summed E-state index contributed by atoms with van der Waals surface area (Å²) in [4.78, 5) is 31.0. The first-order chi connectivity index (χ1) is 29.3. The molecule has 0 unspecified atom stereocenters. The van der Waals surface area contributed by atoms with Crippen molar-refractivity contribution in [2.24, 2.45) is 9.98 Å². The average molecular weight is 924 g/mol. The topological polar surface area (TPSA) is 164 Å². The molecule has 0 heterocycles. The molecule has 0 aliphatic heterocycles. The molecule has 0 bridgehead atoms. The predicted molar refractivity (Wildman–Crippen MR) is 255 cm³/mol. The number of rotatable bonds is 13. The molecule has 0 aliphatic carbocycles. The molecule has 4 aromatic carbocycles. The Balaban J connectivity index is 0.000000506. The first-order valence-electron chi connectivity index (χ1n) is 22.2. The Labute approximate surface area is 393 Å². The van der Waals surface area contributed by atoms with Gasteiger partial charge in [0.15, 0.2) is 0 Å². The van der Waals surface area contributed by atoms with Gasteiger partial charge in [-0.05, 0) is 98.8 Å². The second-order valence-electron chi connectivity index (χ2n) is 18.4. The van der Waals surface area contributed by atoms with Gasteiger partial charge in [-0.3, -0.25) is 9.98 Å². The molecule has 0 fully saturated rings. The van der Waals surface area contributed by atoms with E-state index in [0.717, 1.165) is 17.1 Å². The van der Waals surface area contributed by atoms with Gasteiger partial charge in [0.2, 0.25) is 0 Å². The van der Waals surface area contributed by atoms with E-state index in [1.54, 1.807) is 24.3 Å². The number of carbonyl (C=O) groups is 2.